The molecule has 3 aliphatic heterocycles. The molecule has 2 bridgehead atoms. The zero-order chi connectivity index (χ0) is 48.9. The number of allylic oxidation sites excluding steroid dienone is 8. The minimum atomic E-state index is -2.43. The Morgan fingerprint density at radius 1 is 0.818 bits per heavy atom. The van der Waals surface area contributed by atoms with Gasteiger partial charge in [0.2, 0.25) is 5.79 Å². The number of aliphatic hydroxyl groups excluding tert-OH is 1. The highest BCUT2D eigenvalue weighted by atomic mass is 16.6. The summed E-state index contributed by atoms with van der Waals surface area (Å²) in [7, 11) is 6.11. The molecule has 14 atom stereocenters. The molecule has 3 fully saturated rings. The van der Waals surface area contributed by atoms with E-state index in [0.717, 1.165) is 5.57 Å². The third kappa shape index (κ3) is 14.2. The van der Waals surface area contributed by atoms with Gasteiger partial charge >= 0.3 is 5.97 Å². The number of amides is 1. The number of esters is 1. The summed E-state index contributed by atoms with van der Waals surface area (Å²) in [5, 5.41) is 22.4. The number of hydrogen-bond acceptors (Lipinski definition) is 13. The van der Waals surface area contributed by atoms with Crippen LogP contribution in [-0.2, 0) is 52.4 Å². The Balaban J connectivity index is 1.75. The first-order valence-electron chi connectivity index (χ1n) is 24.0. The minimum Gasteiger partial charge on any atom is -0.429 e. The number of cyclic esters (lactones) is 1. The predicted octanol–water partition coefficient (Wildman–Crippen LogP) is 6.96. The van der Waals surface area contributed by atoms with Gasteiger partial charge in [0.15, 0.2) is 11.6 Å². The Morgan fingerprint density at radius 2 is 1.53 bits per heavy atom. The molecule has 0 spiro atoms. The lowest BCUT2D eigenvalue weighted by molar-refractivity contribution is -0.265. The molecule has 0 aromatic heterocycles. The first-order chi connectivity index (χ1) is 31.3. The van der Waals surface area contributed by atoms with Gasteiger partial charge in [0.1, 0.15) is 24.0 Å². The molecule has 1 amide bonds. The summed E-state index contributed by atoms with van der Waals surface area (Å²) in [5.41, 5.74) is 1.50. The maximum absolute atomic E-state index is 14.4. The topological polar surface area (TPSA) is 184 Å². The summed E-state index contributed by atoms with van der Waals surface area (Å²) in [6.07, 6.45) is 14.5. The first-order valence-corrected chi connectivity index (χ1v) is 24.0. The average Bonchev–Trinajstić information content (AvgIpc) is 3.29. The largest absolute Gasteiger partial charge is 0.429 e. The second-order valence-electron chi connectivity index (χ2n) is 19.5. The molecular weight excluding hydrogens is 847 g/mol. The molecule has 2 saturated heterocycles. The Labute approximate surface area is 393 Å². The van der Waals surface area contributed by atoms with Crippen molar-refractivity contribution in [2.24, 2.45) is 35.5 Å². The fourth-order valence-corrected chi connectivity index (χ4v) is 10.1. The molecule has 1 saturated carbocycles. The van der Waals surface area contributed by atoms with Gasteiger partial charge < -0.3 is 43.5 Å². The van der Waals surface area contributed by atoms with E-state index in [1.54, 1.807) is 41.1 Å². The van der Waals surface area contributed by atoms with Crippen LogP contribution in [0.4, 0.5) is 0 Å². The van der Waals surface area contributed by atoms with Crippen LogP contribution in [-0.4, -0.2) is 128 Å². The highest BCUT2D eigenvalue weighted by Crippen LogP contribution is 2.38. The molecule has 0 radical (unpaired) electrons. The third-order valence-corrected chi connectivity index (χ3v) is 14.3. The van der Waals surface area contributed by atoms with Gasteiger partial charge in [-0.2, -0.15) is 0 Å². The van der Waals surface area contributed by atoms with E-state index in [-0.39, 0.29) is 54.1 Å². The number of nitrogens with zero attached hydrogens (tertiary/aromatic N) is 1. The monoisotopic (exact) mass is 926 g/mol. The quantitative estimate of drug-likeness (QED) is 0.152. The molecule has 66 heavy (non-hydrogen) atoms. The van der Waals surface area contributed by atoms with E-state index in [1.807, 2.05) is 58.1 Å². The van der Waals surface area contributed by atoms with Crippen LogP contribution in [0, 0.1) is 35.5 Å². The number of carbonyl (C=O) groups excluding carboxylic acids is 5. The zero-order valence-corrected chi connectivity index (χ0v) is 41.4. The van der Waals surface area contributed by atoms with E-state index in [9.17, 15) is 34.2 Å². The third-order valence-electron chi connectivity index (χ3n) is 14.3. The van der Waals surface area contributed by atoms with Crippen molar-refractivity contribution in [1.82, 2.24) is 4.90 Å². The van der Waals surface area contributed by atoms with Crippen molar-refractivity contribution in [3.63, 3.8) is 0 Å². The maximum atomic E-state index is 14.4. The van der Waals surface area contributed by atoms with Gasteiger partial charge in [-0.25, -0.2) is 4.79 Å². The van der Waals surface area contributed by atoms with Crippen LogP contribution < -0.4 is 0 Å². The molecule has 2 N–H and O–H groups in total. The fraction of sp³-hybridized carbons (Fsp3) is 0.712. The fourth-order valence-electron chi connectivity index (χ4n) is 10.1. The smallest absolute Gasteiger partial charge is 0.333 e. The molecule has 0 unspecified atom stereocenters. The number of methoxy groups -OCH3 is 4. The number of aliphatic hydroxyl groups is 2. The Bertz CT molecular complexity index is 1830. The number of Topliss-reactive ketones (excluding diaryl/α,β-unsaturated/α-hetero) is 2. The number of piperidine rings is 1. The van der Waals surface area contributed by atoms with Crippen molar-refractivity contribution < 1.29 is 62.6 Å². The lowest BCUT2D eigenvalue weighted by Crippen LogP contribution is -2.60. The molecule has 0 aromatic rings. The first kappa shape index (κ1) is 55.0. The van der Waals surface area contributed by atoms with Crippen LogP contribution in [0.5, 0.6) is 0 Å². The summed E-state index contributed by atoms with van der Waals surface area (Å²) in [4.78, 5) is 72.1. The summed E-state index contributed by atoms with van der Waals surface area (Å²) in [5.74, 6) is -7.91. The summed E-state index contributed by atoms with van der Waals surface area (Å²) >= 11 is 0. The molecule has 370 valence electrons. The molecule has 14 heteroatoms. The van der Waals surface area contributed by atoms with E-state index in [0.29, 0.717) is 69.8 Å². The van der Waals surface area contributed by atoms with Crippen molar-refractivity contribution in [2.75, 3.05) is 35.0 Å². The number of rotatable bonds is 7. The van der Waals surface area contributed by atoms with Gasteiger partial charge in [-0.05, 0) is 101 Å². The highest BCUT2D eigenvalue weighted by Gasteiger charge is 2.53. The van der Waals surface area contributed by atoms with Gasteiger partial charge in [0.05, 0.1) is 24.4 Å². The predicted molar refractivity (Wildman–Crippen MR) is 250 cm³/mol. The number of carbonyl (C=O) groups is 5. The van der Waals surface area contributed by atoms with Gasteiger partial charge in [-0.1, -0.05) is 71.1 Å². The number of fused-ring (bicyclic) bond motifs is 3. The highest BCUT2D eigenvalue weighted by molar-refractivity contribution is 6.39. The van der Waals surface area contributed by atoms with Crippen LogP contribution in [0.1, 0.15) is 119 Å². The molecule has 14 nitrogen and oxygen atoms in total. The van der Waals surface area contributed by atoms with Crippen molar-refractivity contribution >= 4 is 29.2 Å². The zero-order valence-electron chi connectivity index (χ0n) is 41.4. The maximum Gasteiger partial charge on any atom is 0.333 e. The second-order valence-corrected chi connectivity index (χ2v) is 19.5. The minimum absolute atomic E-state index is 0.0535. The number of ketones is 3. The normalized spacial score (nSPS) is 39.6. The van der Waals surface area contributed by atoms with Crippen LogP contribution >= 0.6 is 0 Å². The molecule has 0 aromatic carbocycles. The van der Waals surface area contributed by atoms with Crippen molar-refractivity contribution in [3.05, 3.63) is 59.4 Å². The van der Waals surface area contributed by atoms with E-state index >= 15 is 0 Å². The Kier molecular flexibility index (Phi) is 21.4. The van der Waals surface area contributed by atoms with Gasteiger partial charge in [-0.3, -0.25) is 19.2 Å². The van der Waals surface area contributed by atoms with Crippen molar-refractivity contribution in [1.29, 1.82) is 0 Å². The van der Waals surface area contributed by atoms with Gasteiger partial charge in [0, 0.05) is 71.2 Å². The lowest BCUT2D eigenvalue weighted by atomic mass is 9.80. The average molecular weight is 926 g/mol. The van der Waals surface area contributed by atoms with Crippen molar-refractivity contribution in [3.8, 4) is 0 Å². The molecule has 4 aliphatic rings. The lowest BCUT2D eigenvalue weighted by Gasteiger charge is -2.42. The summed E-state index contributed by atoms with van der Waals surface area (Å²) < 4.78 is 35.3. The SMILES string of the molecule is CO[C@H]1C[C@@H]2CC[C@@H](C)[C@@](O)(O2)C(=O)C(=O)N2CCCC[C@H]2C(=O)O/C([C@H](C)C[C@@H]2CC[C@@H](O)[C@H](OC)C2)=C\C(=O)[C@H](C)/C=C(\C)[C@@H](OC)[C@@H](OC)C(=O)[C@H](C)C[C@H](C)/C=C/C=C/C=C/1C. The van der Waals surface area contributed by atoms with E-state index in [4.69, 9.17) is 28.4 Å². The summed E-state index contributed by atoms with van der Waals surface area (Å²) in [6, 6.07) is -1.16. The standard InChI is InChI=1S/C52H79NO13/c1-31-17-13-12-14-18-32(2)43(61-8)29-39-22-20-37(7)52(60,66-39)49(57)50(58)53-24-16-15-19-40(53)51(59)65-44(34(4)27-38-21-23-41(54)45(28-38)62-9)30-42(55)33(3)26-36(6)47(63-10)48(64-11)46(56)35(5)25-31/h12-14,17-18,26,30-31,33-35,37-41,43,45,47-48,54,60H,15-16,19-25,27-29H2,1-11H3/b14-12+,17-13+,32-18+,36-26+,44-30-/t31-,33-,34-,35-,37-,38+,39+,40+,41-,43+,45-,47-,48+,52-/m1/s1. The Hall–Kier alpha value is -3.63. The van der Waals surface area contributed by atoms with Crippen LogP contribution in [0.2, 0.25) is 0 Å². The van der Waals surface area contributed by atoms with E-state index in [1.165, 1.54) is 25.2 Å². The molecule has 3 heterocycles. The Morgan fingerprint density at radius 3 is 2.20 bits per heavy atom. The molecule has 4 rings (SSSR count). The van der Waals surface area contributed by atoms with Crippen molar-refractivity contribution in [2.45, 2.75) is 168 Å². The van der Waals surface area contributed by atoms with E-state index in [2.05, 4.69) is 0 Å². The van der Waals surface area contributed by atoms with Gasteiger partial charge in [-0.15, -0.1) is 0 Å². The summed E-state index contributed by atoms with van der Waals surface area (Å²) in [6.45, 7) is 13.0. The van der Waals surface area contributed by atoms with Crippen LogP contribution in [0.3, 0.4) is 0 Å². The molecular formula is C52H79NO13. The second kappa shape index (κ2) is 25.7. The number of hydrogen-bond donors (Lipinski definition) is 2. The van der Waals surface area contributed by atoms with Crippen LogP contribution in [0.15, 0.2) is 59.4 Å². The number of ether oxygens (including phenoxy) is 6. The van der Waals surface area contributed by atoms with Gasteiger partial charge in [0.25, 0.3) is 11.7 Å². The van der Waals surface area contributed by atoms with Crippen LogP contribution in [0.25, 0.3) is 0 Å². The van der Waals surface area contributed by atoms with E-state index < -0.39 is 77.8 Å². The molecule has 1 aliphatic carbocycles.